The van der Waals surface area contributed by atoms with Gasteiger partial charge in [-0.1, -0.05) is 6.92 Å². The lowest BCUT2D eigenvalue weighted by atomic mass is 10.2. The maximum atomic E-state index is 8.83. The van der Waals surface area contributed by atoms with E-state index in [-0.39, 0.29) is 6.10 Å². The minimum atomic E-state index is -0.223. The van der Waals surface area contributed by atoms with Gasteiger partial charge < -0.3 is 10.4 Å². The van der Waals surface area contributed by atoms with Crippen LogP contribution in [0.5, 0.6) is 0 Å². The van der Waals surface area contributed by atoms with Crippen molar-refractivity contribution in [3.8, 4) is 0 Å². The van der Waals surface area contributed by atoms with E-state index in [1.54, 1.807) is 6.92 Å². The lowest BCUT2D eigenvalue weighted by Crippen LogP contribution is -2.31. The maximum absolute atomic E-state index is 8.83. The second-order valence-electron chi connectivity index (χ2n) is 2.57. The Morgan fingerprint density at radius 2 is 2.00 bits per heavy atom. The quantitative estimate of drug-likeness (QED) is 0.590. The third-order valence-electron chi connectivity index (χ3n) is 1.37. The standard InChI is InChI=1S/C7H17NO/c1-4-6(2)8-5-7(3)9/h6-9H,4-5H2,1-3H3/t6-,7-/m1/s1. The van der Waals surface area contributed by atoms with Gasteiger partial charge >= 0.3 is 0 Å². The molecule has 0 amide bonds. The minimum absolute atomic E-state index is 0.223. The molecular weight excluding hydrogens is 114 g/mol. The van der Waals surface area contributed by atoms with Gasteiger partial charge in [0.1, 0.15) is 0 Å². The van der Waals surface area contributed by atoms with E-state index in [0.29, 0.717) is 12.6 Å². The van der Waals surface area contributed by atoms with Gasteiger partial charge in [-0.15, -0.1) is 0 Å². The molecule has 2 nitrogen and oxygen atoms in total. The first-order chi connectivity index (χ1) is 4.16. The molecule has 0 fully saturated rings. The summed E-state index contributed by atoms with van der Waals surface area (Å²) >= 11 is 0. The Morgan fingerprint density at radius 3 is 2.33 bits per heavy atom. The van der Waals surface area contributed by atoms with E-state index in [2.05, 4.69) is 19.2 Å². The smallest absolute Gasteiger partial charge is 0.0636 e. The lowest BCUT2D eigenvalue weighted by Gasteiger charge is -2.11. The van der Waals surface area contributed by atoms with Gasteiger partial charge in [0.15, 0.2) is 0 Å². The van der Waals surface area contributed by atoms with Gasteiger partial charge in [0.25, 0.3) is 0 Å². The predicted octanol–water partition coefficient (Wildman–Crippen LogP) is 0.755. The van der Waals surface area contributed by atoms with Crippen LogP contribution in [0.3, 0.4) is 0 Å². The van der Waals surface area contributed by atoms with Gasteiger partial charge in [-0.05, 0) is 20.3 Å². The van der Waals surface area contributed by atoms with Gasteiger partial charge in [0.05, 0.1) is 6.10 Å². The van der Waals surface area contributed by atoms with Crippen LogP contribution in [-0.4, -0.2) is 23.8 Å². The zero-order valence-electron chi connectivity index (χ0n) is 6.52. The molecule has 2 N–H and O–H groups in total. The molecule has 56 valence electrons. The average molecular weight is 131 g/mol. The molecule has 0 saturated carbocycles. The van der Waals surface area contributed by atoms with Crippen LogP contribution >= 0.6 is 0 Å². The average Bonchev–Trinajstić information content (AvgIpc) is 1.83. The van der Waals surface area contributed by atoms with Crippen LogP contribution in [0.2, 0.25) is 0 Å². The third-order valence-corrected chi connectivity index (χ3v) is 1.37. The summed E-state index contributed by atoms with van der Waals surface area (Å²) in [6, 6.07) is 0.527. The maximum Gasteiger partial charge on any atom is 0.0636 e. The fourth-order valence-electron chi connectivity index (χ4n) is 0.516. The Labute approximate surface area is 57.3 Å². The Kier molecular flexibility index (Phi) is 4.72. The van der Waals surface area contributed by atoms with E-state index >= 15 is 0 Å². The lowest BCUT2D eigenvalue weighted by molar-refractivity contribution is 0.186. The van der Waals surface area contributed by atoms with E-state index in [1.807, 2.05) is 0 Å². The Morgan fingerprint density at radius 1 is 1.44 bits per heavy atom. The second kappa shape index (κ2) is 4.77. The molecule has 0 aromatic heterocycles. The molecule has 0 bridgehead atoms. The normalized spacial score (nSPS) is 17.3. The van der Waals surface area contributed by atoms with Crippen molar-refractivity contribution in [1.29, 1.82) is 0 Å². The molecule has 0 aliphatic rings. The number of aliphatic hydroxyl groups excluding tert-OH is 1. The van der Waals surface area contributed by atoms with Crippen LogP contribution in [0.15, 0.2) is 0 Å². The first kappa shape index (κ1) is 8.92. The molecule has 0 aromatic rings. The molecular formula is C7H17NO. The third kappa shape index (κ3) is 5.80. The van der Waals surface area contributed by atoms with Crippen LogP contribution in [0.25, 0.3) is 0 Å². The van der Waals surface area contributed by atoms with E-state index in [0.717, 1.165) is 6.42 Å². The fourth-order valence-corrected chi connectivity index (χ4v) is 0.516. The number of hydrogen-bond donors (Lipinski definition) is 2. The first-order valence-corrected chi connectivity index (χ1v) is 3.58. The van der Waals surface area contributed by atoms with Crippen molar-refractivity contribution in [1.82, 2.24) is 5.32 Å². The molecule has 0 heterocycles. The molecule has 2 heteroatoms. The first-order valence-electron chi connectivity index (χ1n) is 3.58. The molecule has 2 atom stereocenters. The van der Waals surface area contributed by atoms with Gasteiger partial charge in [0.2, 0.25) is 0 Å². The monoisotopic (exact) mass is 131 g/mol. The van der Waals surface area contributed by atoms with Crippen LogP contribution < -0.4 is 5.32 Å². The summed E-state index contributed by atoms with van der Waals surface area (Å²) in [6.45, 7) is 6.73. The summed E-state index contributed by atoms with van der Waals surface area (Å²) in [4.78, 5) is 0. The predicted molar refractivity (Wildman–Crippen MR) is 39.4 cm³/mol. The van der Waals surface area contributed by atoms with Crippen molar-refractivity contribution < 1.29 is 5.11 Å². The summed E-state index contributed by atoms with van der Waals surface area (Å²) in [5, 5.41) is 12.0. The highest BCUT2D eigenvalue weighted by atomic mass is 16.3. The molecule has 0 rings (SSSR count). The summed E-state index contributed by atoms with van der Waals surface area (Å²) in [7, 11) is 0. The molecule has 0 saturated heterocycles. The van der Waals surface area contributed by atoms with E-state index in [4.69, 9.17) is 5.11 Å². The number of nitrogens with one attached hydrogen (secondary N) is 1. The Bertz CT molecular complexity index is 63.9. The van der Waals surface area contributed by atoms with Crippen LogP contribution in [0.1, 0.15) is 27.2 Å². The summed E-state index contributed by atoms with van der Waals surface area (Å²) in [5.74, 6) is 0. The molecule has 0 spiro atoms. The van der Waals surface area contributed by atoms with Crippen molar-refractivity contribution in [2.45, 2.75) is 39.3 Å². The van der Waals surface area contributed by atoms with Gasteiger partial charge in [-0.3, -0.25) is 0 Å². The number of rotatable bonds is 4. The van der Waals surface area contributed by atoms with E-state index in [1.165, 1.54) is 0 Å². The number of aliphatic hydroxyl groups is 1. The van der Waals surface area contributed by atoms with Crippen LogP contribution in [-0.2, 0) is 0 Å². The van der Waals surface area contributed by atoms with Gasteiger partial charge in [0, 0.05) is 12.6 Å². The largest absolute Gasteiger partial charge is 0.392 e. The molecule has 0 unspecified atom stereocenters. The minimum Gasteiger partial charge on any atom is -0.392 e. The zero-order valence-corrected chi connectivity index (χ0v) is 6.52. The van der Waals surface area contributed by atoms with Crippen molar-refractivity contribution in [2.24, 2.45) is 0 Å². The van der Waals surface area contributed by atoms with E-state index in [9.17, 15) is 0 Å². The fraction of sp³-hybridized carbons (Fsp3) is 1.00. The van der Waals surface area contributed by atoms with Crippen LogP contribution in [0.4, 0.5) is 0 Å². The summed E-state index contributed by atoms with van der Waals surface area (Å²) < 4.78 is 0. The van der Waals surface area contributed by atoms with Crippen molar-refractivity contribution in [3.05, 3.63) is 0 Å². The highest BCUT2D eigenvalue weighted by molar-refractivity contribution is 4.59. The SMILES string of the molecule is CC[C@@H](C)NC[C@@H](C)O. The van der Waals surface area contributed by atoms with Crippen molar-refractivity contribution in [3.63, 3.8) is 0 Å². The van der Waals surface area contributed by atoms with Crippen molar-refractivity contribution >= 4 is 0 Å². The summed E-state index contributed by atoms with van der Waals surface area (Å²) in [6.07, 6.45) is 0.895. The topological polar surface area (TPSA) is 32.3 Å². The van der Waals surface area contributed by atoms with Crippen LogP contribution in [0, 0.1) is 0 Å². The zero-order chi connectivity index (χ0) is 7.28. The molecule has 0 aromatic carbocycles. The Balaban J connectivity index is 3.06. The Hall–Kier alpha value is -0.0800. The molecule has 0 aliphatic heterocycles. The van der Waals surface area contributed by atoms with E-state index < -0.39 is 0 Å². The highest BCUT2D eigenvalue weighted by Crippen LogP contribution is 1.87. The summed E-state index contributed by atoms with van der Waals surface area (Å²) in [5.41, 5.74) is 0. The molecule has 0 radical (unpaired) electrons. The van der Waals surface area contributed by atoms with Crippen molar-refractivity contribution in [2.75, 3.05) is 6.54 Å². The second-order valence-corrected chi connectivity index (χ2v) is 2.57. The van der Waals surface area contributed by atoms with Gasteiger partial charge in [-0.2, -0.15) is 0 Å². The highest BCUT2D eigenvalue weighted by Gasteiger charge is 1.98. The van der Waals surface area contributed by atoms with Gasteiger partial charge in [-0.25, -0.2) is 0 Å². The number of hydrogen-bond acceptors (Lipinski definition) is 2. The molecule has 9 heavy (non-hydrogen) atoms. The molecule has 0 aliphatic carbocycles.